The summed E-state index contributed by atoms with van der Waals surface area (Å²) in [6.45, 7) is 2.59. The molecule has 0 saturated carbocycles. The number of sulfonamides is 1. The van der Waals surface area contributed by atoms with Crippen LogP contribution in [0, 0.1) is 17.0 Å². The summed E-state index contributed by atoms with van der Waals surface area (Å²) < 4.78 is 28.5. The Morgan fingerprint density at radius 3 is 2.48 bits per heavy atom. The molecule has 9 nitrogen and oxygen atoms in total. The smallest absolute Gasteiger partial charge is 0.360 e. The van der Waals surface area contributed by atoms with Crippen LogP contribution in [0.25, 0.3) is 5.65 Å². The Morgan fingerprint density at radius 2 is 1.83 bits per heavy atom. The Morgan fingerprint density at radius 1 is 1.14 bits per heavy atom. The Kier molecular flexibility index (Phi) is 4.97. The number of imidazole rings is 1. The van der Waals surface area contributed by atoms with Crippen LogP contribution < -0.4 is 5.32 Å². The molecule has 152 valence electrons. The first kappa shape index (κ1) is 19.3. The molecule has 1 aliphatic rings. The van der Waals surface area contributed by atoms with Crippen LogP contribution in [-0.2, 0) is 10.0 Å². The van der Waals surface area contributed by atoms with Gasteiger partial charge in [-0.05, 0) is 42.9 Å². The summed E-state index contributed by atoms with van der Waals surface area (Å²) in [7, 11) is -3.54. The third kappa shape index (κ3) is 3.68. The number of aromatic nitrogens is 2. The van der Waals surface area contributed by atoms with Gasteiger partial charge in [0.1, 0.15) is 0 Å². The number of piperidine rings is 1. The fourth-order valence-electron chi connectivity index (χ4n) is 3.55. The van der Waals surface area contributed by atoms with E-state index in [9.17, 15) is 18.5 Å². The molecule has 1 fully saturated rings. The lowest BCUT2D eigenvalue weighted by Gasteiger charge is -2.31. The van der Waals surface area contributed by atoms with Crippen molar-refractivity contribution < 1.29 is 13.3 Å². The first-order valence-corrected chi connectivity index (χ1v) is 10.7. The van der Waals surface area contributed by atoms with Crippen molar-refractivity contribution in [2.45, 2.75) is 30.7 Å². The monoisotopic (exact) mass is 415 g/mol. The maximum absolute atomic E-state index is 12.8. The molecule has 3 heterocycles. The highest BCUT2D eigenvalue weighted by atomic mass is 32.2. The maximum atomic E-state index is 12.8. The van der Waals surface area contributed by atoms with Gasteiger partial charge in [-0.1, -0.05) is 23.8 Å². The molecule has 0 bridgehead atoms. The van der Waals surface area contributed by atoms with Gasteiger partial charge in [0.25, 0.3) is 0 Å². The van der Waals surface area contributed by atoms with E-state index in [1.54, 1.807) is 48.7 Å². The Labute approximate surface area is 168 Å². The van der Waals surface area contributed by atoms with E-state index in [1.165, 1.54) is 8.71 Å². The second-order valence-corrected chi connectivity index (χ2v) is 9.04. The van der Waals surface area contributed by atoms with Crippen molar-refractivity contribution in [1.82, 2.24) is 13.7 Å². The number of benzene rings is 1. The van der Waals surface area contributed by atoms with Crippen molar-refractivity contribution in [3.05, 3.63) is 64.3 Å². The highest BCUT2D eigenvalue weighted by Crippen LogP contribution is 2.28. The molecular weight excluding hydrogens is 394 g/mol. The van der Waals surface area contributed by atoms with Gasteiger partial charge >= 0.3 is 5.82 Å². The number of pyridine rings is 1. The van der Waals surface area contributed by atoms with Crippen LogP contribution in [0.5, 0.6) is 0 Å². The van der Waals surface area contributed by atoms with Crippen LogP contribution in [0.15, 0.2) is 53.6 Å². The zero-order valence-electron chi connectivity index (χ0n) is 15.9. The van der Waals surface area contributed by atoms with Crippen LogP contribution in [0.2, 0.25) is 0 Å². The molecule has 1 aliphatic heterocycles. The van der Waals surface area contributed by atoms with E-state index in [2.05, 4.69) is 10.3 Å². The zero-order chi connectivity index (χ0) is 20.6. The van der Waals surface area contributed by atoms with Gasteiger partial charge in [-0.25, -0.2) is 8.42 Å². The van der Waals surface area contributed by atoms with Crippen molar-refractivity contribution in [3.8, 4) is 0 Å². The predicted octanol–water partition coefficient (Wildman–Crippen LogP) is 2.82. The van der Waals surface area contributed by atoms with E-state index < -0.39 is 14.9 Å². The van der Waals surface area contributed by atoms with Gasteiger partial charge in [0.2, 0.25) is 21.5 Å². The van der Waals surface area contributed by atoms with Crippen LogP contribution in [0.1, 0.15) is 18.4 Å². The third-order valence-corrected chi connectivity index (χ3v) is 7.04. The third-order valence-electron chi connectivity index (χ3n) is 5.13. The summed E-state index contributed by atoms with van der Waals surface area (Å²) >= 11 is 0. The molecule has 0 unspecified atom stereocenters. The lowest BCUT2D eigenvalue weighted by molar-refractivity contribution is -0.389. The number of anilines is 1. The molecule has 1 aromatic carbocycles. The minimum absolute atomic E-state index is 0.0944. The van der Waals surface area contributed by atoms with Crippen LogP contribution in [0.3, 0.4) is 0 Å². The van der Waals surface area contributed by atoms with Gasteiger partial charge in [-0.2, -0.15) is 13.7 Å². The van der Waals surface area contributed by atoms with Crippen molar-refractivity contribution in [2.75, 3.05) is 18.4 Å². The van der Waals surface area contributed by atoms with Gasteiger partial charge in [0.15, 0.2) is 0 Å². The van der Waals surface area contributed by atoms with E-state index >= 15 is 0 Å². The van der Waals surface area contributed by atoms with Crippen LogP contribution in [-0.4, -0.2) is 46.2 Å². The molecule has 0 amide bonds. The van der Waals surface area contributed by atoms with E-state index in [1.807, 2.05) is 6.92 Å². The van der Waals surface area contributed by atoms with Crippen LogP contribution in [0.4, 0.5) is 11.6 Å². The summed E-state index contributed by atoms with van der Waals surface area (Å²) in [5, 5.41) is 14.7. The molecule has 3 aromatic rings. The van der Waals surface area contributed by atoms with E-state index in [4.69, 9.17) is 0 Å². The Balaban J connectivity index is 1.48. The van der Waals surface area contributed by atoms with Crippen molar-refractivity contribution >= 4 is 27.3 Å². The van der Waals surface area contributed by atoms with Gasteiger partial charge < -0.3 is 15.4 Å². The number of nitro groups is 1. The SMILES string of the molecule is Cc1ccc(S(=O)(=O)N2CCC(Nc3nc4ccccn4c3[N+](=O)[O-])CC2)cc1. The predicted molar refractivity (Wildman–Crippen MR) is 108 cm³/mol. The average Bonchev–Trinajstić information content (AvgIpc) is 3.06. The minimum atomic E-state index is -3.54. The molecule has 10 heteroatoms. The Bertz CT molecular complexity index is 1150. The molecule has 0 radical (unpaired) electrons. The molecule has 1 saturated heterocycles. The highest BCUT2D eigenvalue weighted by Gasteiger charge is 2.31. The van der Waals surface area contributed by atoms with Crippen molar-refractivity contribution in [1.29, 1.82) is 0 Å². The minimum Gasteiger partial charge on any atom is -0.360 e. The molecule has 1 N–H and O–H groups in total. The molecule has 0 aliphatic carbocycles. The number of fused-ring (bicyclic) bond motifs is 1. The fraction of sp³-hybridized carbons (Fsp3) is 0.316. The van der Waals surface area contributed by atoms with Gasteiger partial charge in [-0.3, -0.25) is 0 Å². The zero-order valence-corrected chi connectivity index (χ0v) is 16.7. The average molecular weight is 415 g/mol. The van der Waals surface area contributed by atoms with Gasteiger partial charge in [0, 0.05) is 25.2 Å². The Hall–Kier alpha value is -2.98. The summed E-state index contributed by atoms with van der Waals surface area (Å²) in [6.07, 6.45) is 2.68. The second kappa shape index (κ2) is 7.45. The van der Waals surface area contributed by atoms with E-state index in [0.717, 1.165) is 5.56 Å². The number of rotatable bonds is 5. The molecule has 4 rings (SSSR count). The van der Waals surface area contributed by atoms with Crippen molar-refractivity contribution in [3.63, 3.8) is 0 Å². The van der Waals surface area contributed by atoms with Crippen LogP contribution >= 0.6 is 0 Å². The van der Waals surface area contributed by atoms with Gasteiger partial charge in [0.05, 0.1) is 11.1 Å². The molecular formula is C19H21N5O4S. The van der Waals surface area contributed by atoms with E-state index in [-0.39, 0.29) is 22.6 Å². The molecule has 0 spiro atoms. The summed E-state index contributed by atoms with van der Waals surface area (Å²) in [5.74, 6) is 0.0938. The van der Waals surface area contributed by atoms with E-state index in [0.29, 0.717) is 31.6 Å². The first-order valence-electron chi connectivity index (χ1n) is 9.31. The topological polar surface area (TPSA) is 110 Å². The first-order chi connectivity index (χ1) is 13.9. The number of aryl methyl sites for hydroxylation is 1. The van der Waals surface area contributed by atoms with Crippen molar-refractivity contribution in [2.24, 2.45) is 0 Å². The fourth-order valence-corrected chi connectivity index (χ4v) is 5.02. The number of hydrogen-bond acceptors (Lipinski definition) is 6. The molecule has 29 heavy (non-hydrogen) atoms. The summed E-state index contributed by atoms with van der Waals surface area (Å²) in [4.78, 5) is 15.7. The lowest BCUT2D eigenvalue weighted by Crippen LogP contribution is -2.42. The second-order valence-electron chi connectivity index (χ2n) is 7.11. The van der Waals surface area contributed by atoms with Gasteiger partial charge in [-0.15, -0.1) is 0 Å². The molecule has 0 atom stereocenters. The molecule has 2 aromatic heterocycles. The highest BCUT2D eigenvalue weighted by molar-refractivity contribution is 7.89. The number of hydrogen-bond donors (Lipinski definition) is 1. The number of nitrogens with zero attached hydrogens (tertiary/aromatic N) is 4. The lowest BCUT2D eigenvalue weighted by atomic mass is 10.1. The number of nitrogens with one attached hydrogen (secondary N) is 1. The maximum Gasteiger partial charge on any atom is 0.372 e. The summed E-state index contributed by atoms with van der Waals surface area (Å²) in [6, 6.07) is 11.9. The largest absolute Gasteiger partial charge is 0.372 e. The standard InChI is InChI=1S/C19H21N5O4S/c1-14-5-7-16(8-6-14)29(27,28)22-12-9-15(10-13-22)20-18-19(24(25)26)23-11-3-2-4-17(23)21-18/h2-8,11,15,20H,9-10,12-13H2,1H3. The normalized spacial score (nSPS) is 16.2. The quantitative estimate of drug-likeness (QED) is 0.507. The summed E-state index contributed by atoms with van der Waals surface area (Å²) in [5.41, 5.74) is 1.49.